The number of H-pyrrole nitrogens is 1. The predicted molar refractivity (Wildman–Crippen MR) is 68.2 cm³/mol. The quantitative estimate of drug-likeness (QED) is 0.895. The number of aromatic amines is 1. The molecule has 0 aliphatic carbocycles. The highest BCUT2D eigenvalue weighted by Crippen LogP contribution is 2.26. The maximum atomic E-state index is 11.8. The van der Waals surface area contributed by atoms with E-state index in [1.165, 1.54) is 0 Å². The number of anilines is 1. The zero-order valence-corrected chi connectivity index (χ0v) is 11.1. The molecule has 2 aromatic rings. The van der Waals surface area contributed by atoms with E-state index in [9.17, 15) is 4.79 Å². The summed E-state index contributed by atoms with van der Waals surface area (Å²) in [6.45, 7) is 1.72. The summed E-state index contributed by atoms with van der Waals surface area (Å²) < 4.78 is 0.700. The number of nitrogens with zero attached hydrogens (tertiary/aromatic N) is 2. The van der Waals surface area contributed by atoms with Gasteiger partial charge in [-0.15, -0.1) is 5.10 Å². The summed E-state index contributed by atoms with van der Waals surface area (Å²) in [5, 5.41) is 9.64. The summed E-state index contributed by atoms with van der Waals surface area (Å²) in [7, 11) is 0. The van der Waals surface area contributed by atoms with E-state index in [0.717, 1.165) is 0 Å². The number of nitrogens with one attached hydrogen (secondary N) is 2. The molecule has 1 aromatic carbocycles. The second kappa shape index (κ2) is 4.85. The zero-order valence-electron chi connectivity index (χ0n) is 8.79. The zero-order chi connectivity index (χ0) is 12.4. The van der Waals surface area contributed by atoms with Crippen molar-refractivity contribution in [3.05, 3.63) is 39.3 Å². The van der Waals surface area contributed by atoms with Crippen LogP contribution < -0.4 is 5.32 Å². The molecule has 0 fully saturated rings. The van der Waals surface area contributed by atoms with Crippen molar-refractivity contribution in [2.24, 2.45) is 0 Å². The van der Waals surface area contributed by atoms with Gasteiger partial charge < -0.3 is 5.32 Å². The molecule has 2 rings (SSSR count). The largest absolute Gasteiger partial charge is 0.318 e. The molecule has 0 atom stereocenters. The molecular weight excluding hydrogens is 307 g/mol. The Morgan fingerprint density at radius 2 is 2.29 bits per heavy atom. The lowest BCUT2D eigenvalue weighted by atomic mass is 10.3. The van der Waals surface area contributed by atoms with Crippen LogP contribution in [0, 0.1) is 6.92 Å². The van der Waals surface area contributed by atoms with E-state index < -0.39 is 0 Å². The van der Waals surface area contributed by atoms with E-state index >= 15 is 0 Å². The lowest BCUT2D eigenvalue weighted by molar-refractivity contribution is 0.101. The summed E-state index contributed by atoms with van der Waals surface area (Å²) >= 11 is 9.11. The SMILES string of the molecule is Cc1nc(C(=O)Nc2ccc(Cl)cc2Br)n[nH]1. The highest BCUT2D eigenvalue weighted by Gasteiger charge is 2.12. The molecule has 0 aliphatic rings. The number of hydrogen-bond donors (Lipinski definition) is 2. The number of aryl methyl sites for hydroxylation is 1. The molecule has 1 heterocycles. The Morgan fingerprint density at radius 3 is 2.88 bits per heavy atom. The number of halogens is 2. The summed E-state index contributed by atoms with van der Waals surface area (Å²) in [6.07, 6.45) is 0. The Morgan fingerprint density at radius 1 is 1.53 bits per heavy atom. The Balaban J connectivity index is 2.18. The van der Waals surface area contributed by atoms with Gasteiger partial charge in [-0.1, -0.05) is 11.6 Å². The second-order valence-corrected chi connectivity index (χ2v) is 4.61. The molecule has 1 amide bonds. The highest BCUT2D eigenvalue weighted by atomic mass is 79.9. The number of amides is 1. The molecule has 1 aromatic heterocycles. The Bertz CT molecular complexity index is 569. The molecule has 5 nitrogen and oxygen atoms in total. The van der Waals surface area contributed by atoms with Crippen LogP contribution in [-0.4, -0.2) is 21.1 Å². The third kappa shape index (κ3) is 2.83. The molecule has 0 saturated heterocycles. The van der Waals surface area contributed by atoms with E-state index in [4.69, 9.17) is 11.6 Å². The van der Waals surface area contributed by atoms with Crippen LogP contribution >= 0.6 is 27.5 Å². The van der Waals surface area contributed by atoms with Crippen molar-refractivity contribution in [1.82, 2.24) is 15.2 Å². The van der Waals surface area contributed by atoms with Gasteiger partial charge in [-0.05, 0) is 41.1 Å². The third-order valence-corrected chi connectivity index (χ3v) is 2.87. The van der Waals surface area contributed by atoms with Gasteiger partial charge in [0.1, 0.15) is 5.82 Å². The molecule has 0 unspecified atom stereocenters. The molecule has 88 valence electrons. The topological polar surface area (TPSA) is 70.7 Å². The minimum atomic E-state index is -0.377. The molecule has 0 bridgehead atoms. The number of carbonyl (C=O) groups is 1. The first kappa shape index (κ1) is 12.1. The molecule has 17 heavy (non-hydrogen) atoms. The monoisotopic (exact) mass is 314 g/mol. The number of carbonyl (C=O) groups excluding carboxylic acids is 1. The van der Waals surface area contributed by atoms with Crippen LogP contribution in [0.25, 0.3) is 0 Å². The summed E-state index contributed by atoms with van der Waals surface area (Å²) in [4.78, 5) is 15.7. The van der Waals surface area contributed by atoms with E-state index in [0.29, 0.717) is 21.0 Å². The van der Waals surface area contributed by atoms with Crippen molar-refractivity contribution >= 4 is 39.1 Å². The third-order valence-electron chi connectivity index (χ3n) is 1.98. The van der Waals surface area contributed by atoms with Crippen LogP contribution in [0.5, 0.6) is 0 Å². The van der Waals surface area contributed by atoms with Crippen LogP contribution in [0.3, 0.4) is 0 Å². The fourth-order valence-electron chi connectivity index (χ4n) is 1.21. The first-order chi connectivity index (χ1) is 8.06. The van der Waals surface area contributed by atoms with Gasteiger partial charge in [0.15, 0.2) is 0 Å². The van der Waals surface area contributed by atoms with Gasteiger partial charge >= 0.3 is 0 Å². The van der Waals surface area contributed by atoms with Gasteiger partial charge in [0.25, 0.3) is 5.91 Å². The van der Waals surface area contributed by atoms with Gasteiger partial charge in [0, 0.05) is 9.50 Å². The van der Waals surface area contributed by atoms with Crippen molar-refractivity contribution < 1.29 is 4.79 Å². The molecule has 7 heteroatoms. The lowest BCUT2D eigenvalue weighted by Crippen LogP contribution is -2.14. The van der Waals surface area contributed by atoms with E-state index in [-0.39, 0.29) is 11.7 Å². The summed E-state index contributed by atoms with van der Waals surface area (Å²) in [5.41, 5.74) is 0.613. The summed E-state index contributed by atoms with van der Waals surface area (Å²) in [6, 6.07) is 5.08. The van der Waals surface area contributed by atoms with Gasteiger partial charge in [-0.25, -0.2) is 4.98 Å². The lowest BCUT2D eigenvalue weighted by Gasteiger charge is -2.05. The van der Waals surface area contributed by atoms with Crippen LogP contribution in [0.4, 0.5) is 5.69 Å². The summed E-state index contributed by atoms with van der Waals surface area (Å²) in [5.74, 6) is 0.312. The van der Waals surface area contributed by atoms with Gasteiger partial charge in [0.2, 0.25) is 5.82 Å². The average molecular weight is 316 g/mol. The molecule has 2 N–H and O–H groups in total. The minimum absolute atomic E-state index is 0.101. The Kier molecular flexibility index (Phi) is 3.44. The Labute approximate surface area is 111 Å². The van der Waals surface area contributed by atoms with Crippen LogP contribution in [-0.2, 0) is 0 Å². The van der Waals surface area contributed by atoms with Crippen LogP contribution in [0.2, 0.25) is 5.02 Å². The van der Waals surface area contributed by atoms with Crippen molar-refractivity contribution in [3.63, 3.8) is 0 Å². The molecular formula is C10H8BrClN4O. The smallest absolute Gasteiger partial charge is 0.295 e. The molecule has 0 radical (unpaired) electrons. The first-order valence-corrected chi connectivity index (χ1v) is 5.89. The normalized spacial score (nSPS) is 10.3. The maximum absolute atomic E-state index is 11.8. The van der Waals surface area contributed by atoms with Crippen molar-refractivity contribution in [3.8, 4) is 0 Å². The van der Waals surface area contributed by atoms with Crippen molar-refractivity contribution in [2.45, 2.75) is 6.92 Å². The molecule has 0 spiro atoms. The fraction of sp³-hybridized carbons (Fsp3) is 0.100. The predicted octanol–water partition coefficient (Wildman–Crippen LogP) is 2.78. The van der Waals surface area contributed by atoms with E-state index in [2.05, 4.69) is 36.4 Å². The van der Waals surface area contributed by atoms with Crippen molar-refractivity contribution in [1.29, 1.82) is 0 Å². The number of rotatable bonds is 2. The van der Waals surface area contributed by atoms with E-state index in [1.54, 1.807) is 25.1 Å². The second-order valence-electron chi connectivity index (χ2n) is 3.32. The fourth-order valence-corrected chi connectivity index (χ4v) is 2.00. The number of hydrogen-bond acceptors (Lipinski definition) is 3. The van der Waals surface area contributed by atoms with Crippen molar-refractivity contribution in [2.75, 3.05) is 5.32 Å². The van der Waals surface area contributed by atoms with E-state index in [1.807, 2.05) is 0 Å². The average Bonchev–Trinajstić information content (AvgIpc) is 2.69. The van der Waals surface area contributed by atoms with Gasteiger partial charge in [0.05, 0.1) is 5.69 Å². The van der Waals surface area contributed by atoms with Gasteiger partial charge in [-0.2, -0.15) is 0 Å². The number of benzene rings is 1. The maximum Gasteiger partial charge on any atom is 0.295 e. The highest BCUT2D eigenvalue weighted by molar-refractivity contribution is 9.10. The van der Waals surface area contributed by atoms with Crippen LogP contribution in [0.15, 0.2) is 22.7 Å². The first-order valence-electron chi connectivity index (χ1n) is 4.71. The number of aromatic nitrogens is 3. The van der Waals surface area contributed by atoms with Crippen LogP contribution in [0.1, 0.15) is 16.4 Å². The standard InChI is InChI=1S/C10H8BrClN4O/c1-5-13-9(16-15-5)10(17)14-8-3-2-6(12)4-7(8)11/h2-4H,1H3,(H,14,17)(H,13,15,16). The van der Waals surface area contributed by atoms with Gasteiger partial charge in [-0.3, -0.25) is 9.89 Å². The molecule has 0 saturated carbocycles. The minimum Gasteiger partial charge on any atom is -0.318 e. The molecule has 0 aliphatic heterocycles. The Hall–Kier alpha value is -1.40.